The van der Waals surface area contributed by atoms with Gasteiger partial charge in [0.25, 0.3) is 0 Å². The monoisotopic (exact) mass is 321 g/mol. The van der Waals surface area contributed by atoms with Crippen molar-refractivity contribution in [2.45, 2.75) is 25.7 Å². The van der Waals surface area contributed by atoms with Crippen molar-refractivity contribution >= 4 is 11.6 Å². The van der Waals surface area contributed by atoms with Crippen molar-refractivity contribution in [3.05, 3.63) is 41.0 Å². The van der Waals surface area contributed by atoms with Gasteiger partial charge in [-0.3, -0.25) is 4.90 Å². The topological polar surface area (TPSA) is 51.4 Å². The molecule has 0 amide bonds. The molecule has 0 spiro atoms. The number of rotatable bonds is 5. The zero-order valence-electron chi connectivity index (χ0n) is 12.7. The molecule has 0 unspecified atom stereocenters. The number of piperidine rings is 1. The number of hydrogen-bond acceptors (Lipinski definition) is 5. The minimum atomic E-state index is 0.422. The predicted molar refractivity (Wildman–Crippen MR) is 84.4 cm³/mol. The Labute approximate surface area is 135 Å². The van der Waals surface area contributed by atoms with Crippen molar-refractivity contribution in [1.29, 1.82) is 0 Å². The van der Waals surface area contributed by atoms with E-state index in [4.69, 9.17) is 20.9 Å². The zero-order chi connectivity index (χ0) is 15.4. The van der Waals surface area contributed by atoms with E-state index in [1.807, 2.05) is 31.2 Å². The normalized spacial score (nSPS) is 16.8. The van der Waals surface area contributed by atoms with Crippen LogP contribution in [0.3, 0.4) is 0 Å². The maximum absolute atomic E-state index is 5.85. The molecular formula is C16H20ClN3O2. The van der Waals surface area contributed by atoms with Gasteiger partial charge in [0.2, 0.25) is 5.89 Å². The molecule has 2 aromatic rings. The van der Waals surface area contributed by atoms with E-state index in [1.165, 1.54) is 0 Å². The molecule has 6 heteroatoms. The summed E-state index contributed by atoms with van der Waals surface area (Å²) in [5.41, 5.74) is 0. The number of benzene rings is 1. The Morgan fingerprint density at radius 3 is 2.64 bits per heavy atom. The third-order valence-electron chi connectivity index (χ3n) is 3.99. The molecule has 1 saturated heterocycles. The molecule has 0 bridgehead atoms. The van der Waals surface area contributed by atoms with E-state index >= 15 is 0 Å². The van der Waals surface area contributed by atoms with Gasteiger partial charge in [0.15, 0.2) is 5.82 Å². The molecule has 1 aliphatic rings. The molecule has 1 aromatic carbocycles. The van der Waals surface area contributed by atoms with Gasteiger partial charge >= 0.3 is 0 Å². The van der Waals surface area contributed by atoms with E-state index in [9.17, 15) is 0 Å². The van der Waals surface area contributed by atoms with Gasteiger partial charge in [0.05, 0.1) is 0 Å². The Morgan fingerprint density at radius 1 is 1.27 bits per heavy atom. The van der Waals surface area contributed by atoms with Gasteiger partial charge in [-0.15, -0.1) is 0 Å². The average molecular weight is 322 g/mol. The molecular weight excluding hydrogens is 302 g/mol. The summed E-state index contributed by atoms with van der Waals surface area (Å²) in [7, 11) is 0. The first-order chi connectivity index (χ1) is 10.7. The molecule has 1 aliphatic heterocycles. The van der Waals surface area contributed by atoms with Crippen molar-refractivity contribution < 1.29 is 9.26 Å². The van der Waals surface area contributed by atoms with E-state index in [0.717, 1.165) is 49.1 Å². The van der Waals surface area contributed by atoms with Crippen LogP contribution in [0.15, 0.2) is 28.8 Å². The fourth-order valence-electron chi connectivity index (χ4n) is 2.72. The first kappa shape index (κ1) is 15.3. The van der Waals surface area contributed by atoms with Gasteiger partial charge in [-0.2, -0.15) is 4.98 Å². The maximum Gasteiger partial charge on any atom is 0.223 e. The van der Waals surface area contributed by atoms with E-state index in [-0.39, 0.29) is 0 Å². The predicted octanol–water partition coefficient (Wildman–Crippen LogP) is 3.29. The first-order valence-electron chi connectivity index (χ1n) is 7.61. The van der Waals surface area contributed by atoms with Gasteiger partial charge in [-0.1, -0.05) is 16.8 Å². The van der Waals surface area contributed by atoms with E-state index in [2.05, 4.69) is 15.0 Å². The van der Waals surface area contributed by atoms with Crippen LogP contribution in [-0.4, -0.2) is 41.3 Å². The SMILES string of the molecule is Cc1nc(C2CCN(CCOc3ccc(Cl)cc3)CC2)no1. The van der Waals surface area contributed by atoms with E-state index < -0.39 is 0 Å². The highest BCUT2D eigenvalue weighted by Crippen LogP contribution is 2.25. The van der Waals surface area contributed by atoms with Crippen LogP contribution in [0.25, 0.3) is 0 Å². The largest absolute Gasteiger partial charge is 0.492 e. The minimum absolute atomic E-state index is 0.422. The highest BCUT2D eigenvalue weighted by Gasteiger charge is 2.23. The standard InChI is InChI=1S/C16H20ClN3O2/c1-12-18-16(19-22-12)13-6-8-20(9-7-13)10-11-21-15-4-2-14(17)3-5-15/h2-5,13H,6-11H2,1H3. The Bertz CT molecular complexity index is 592. The number of aromatic nitrogens is 2. The Balaban J connectivity index is 1.39. The molecule has 0 N–H and O–H groups in total. The molecule has 0 saturated carbocycles. The minimum Gasteiger partial charge on any atom is -0.492 e. The fourth-order valence-corrected chi connectivity index (χ4v) is 2.84. The number of nitrogens with zero attached hydrogens (tertiary/aromatic N) is 3. The Hall–Kier alpha value is -1.59. The van der Waals surface area contributed by atoms with Crippen LogP contribution in [0.5, 0.6) is 5.75 Å². The summed E-state index contributed by atoms with van der Waals surface area (Å²) >= 11 is 5.85. The maximum atomic E-state index is 5.85. The summed E-state index contributed by atoms with van der Waals surface area (Å²) in [6, 6.07) is 7.48. The van der Waals surface area contributed by atoms with Crippen molar-refractivity contribution in [2.75, 3.05) is 26.2 Å². The molecule has 3 rings (SSSR count). The molecule has 1 aromatic heterocycles. The van der Waals surface area contributed by atoms with Gasteiger partial charge < -0.3 is 9.26 Å². The lowest BCUT2D eigenvalue weighted by Gasteiger charge is -2.30. The lowest BCUT2D eigenvalue weighted by molar-refractivity contribution is 0.170. The molecule has 5 nitrogen and oxygen atoms in total. The molecule has 1 fully saturated rings. The molecule has 0 aliphatic carbocycles. The zero-order valence-corrected chi connectivity index (χ0v) is 13.4. The molecule has 0 atom stereocenters. The second-order valence-corrected chi connectivity index (χ2v) is 6.03. The Kier molecular flexibility index (Phi) is 4.95. The summed E-state index contributed by atoms with van der Waals surface area (Å²) in [6.07, 6.45) is 2.14. The number of hydrogen-bond donors (Lipinski definition) is 0. The van der Waals surface area contributed by atoms with Crippen molar-refractivity contribution in [3.8, 4) is 5.75 Å². The summed E-state index contributed by atoms with van der Waals surface area (Å²) < 4.78 is 10.8. The fraction of sp³-hybridized carbons (Fsp3) is 0.500. The quantitative estimate of drug-likeness (QED) is 0.845. The van der Waals surface area contributed by atoms with Crippen LogP contribution in [-0.2, 0) is 0 Å². The van der Waals surface area contributed by atoms with E-state index in [1.54, 1.807) is 0 Å². The van der Waals surface area contributed by atoms with Crippen molar-refractivity contribution in [2.24, 2.45) is 0 Å². The molecule has 22 heavy (non-hydrogen) atoms. The molecule has 2 heterocycles. The second kappa shape index (κ2) is 7.11. The van der Waals surface area contributed by atoms with Crippen LogP contribution >= 0.6 is 11.6 Å². The third kappa shape index (κ3) is 3.99. The molecule has 0 radical (unpaired) electrons. The summed E-state index contributed by atoms with van der Waals surface area (Å²) in [5, 5.41) is 4.76. The highest BCUT2D eigenvalue weighted by atomic mass is 35.5. The molecule has 118 valence electrons. The lowest BCUT2D eigenvalue weighted by Crippen LogP contribution is -2.36. The van der Waals surface area contributed by atoms with Crippen LogP contribution in [0.4, 0.5) is 0 Å². The number of likely N-dealkylation sites (tertiary alicyclic amines) is 1. The summed E-state index contributed by atoms with van der Waals surface area (Å²) in [5.74, 6) is 2.79. The average Bonchev–Trinajstić information content (AvgIpc) is 2.97. The number of aryl methyl sites for hydroxylation is 1. The van der Waals surface area contributed by atoms with Gasteiger partial charge in [-0.05, 0) is 50.2 Å². The number of halogens is 1. The summed E-state index contributed by atoms with van der Waals surface area (Å²) in [4.78, 5) is 6.75. The van der Waals surface area contributed by atoms with Crippen molar-refractivity contribution in [3.63, 3.8) is 0 Å². The van der Waals surface area contributed by atoms with Crippen LogP contribution in [0.1, 0.15) is 30.5 Å². The van der Waals surface area contributed by atoms with Gasteiger partial charge in [0.1, 0.15) is 12.4 Å². The number of ether oxygens (including phenoxy) is 1. The van der Waals surface area contributed by atoms with E-state index in [0.29, 0.717) is 18.4 Å². The highest BCUT2D eigenvalue weighted by molar-refractivity contribution is 6.30. The van der Waals surface area contributed by atoms with Crippen LogP contribution in [0.2, 0.25) is 5.02 Å². The lowest BCUT2D eigenvalue weighted by atomic mass is 9.96. The smallest absolute Gasteiger partial charge is 0.223 e. The first-order valence-corrected chi connectivity index (χ1v) is 7.99. The summed E-state index contributed by atoms with van der Waals surface area (Å²) in [6.45, 7) is 5.54. The van der Waals surface area contributed by atoms with Gasteiger partial charge in [0, 0.05) is 24.4 Å². The Morgan fingerprint density at radius 2 is 2.00 bits per heavy atom. The van der Waals surface area contributed by atoms with Crippen LogP contribution < -0.4 is 4.74 Å². The second-order valence-electron chi connectivity index (χ2n) is 5.59. The van der Waals surface area contributed by atoms with Gasteiger partial charge in [-0.25, -0.2) is 0 Å². The van der Waals surface area contributed by atoms with Crippen LogP contribution in [0, 0.1) is 6.92 Å². The van der Waals surface area contributed by atoms with Crippen molar-refractivity contribution in [1.82, 2.24) is 15.0 Å². The third-order valence-corrected chi connectivity index (χ3v) is 4.24.